The van der Waals surface area contributed by atoms with E-state index in [1.807, 2.05) is 0 Å². The van der Waals surface area contributed by atoms with Gasteiger partial charge in [-0.05, 0) is 20.8 Å². The van der Waals surface area contributed by atoms with E-state index in [9.17, 15) is 14.7 Å². The molecule has 120 valence electrons. The van der Waals surface area contributed by atoms with E-state index in [4.69, 9.17) is 5.11 Å². The molecule has 2 rings (SSSR count). The molecule has 2 aliphatic rings. The number of carbonyl (C=O) groups excluding carboxylic acids is 1. The number of aliphatic hydroxyl groups is 1. The predicted molar refractivity (Wildman–Crippen MR) is 77.0 cm³/mol. The van der Waals surface area contributed by atoms with Gasteiger partial charge in [0.15, 0.2) is 0 Å². The van der Waals surface area contributed by atoms with Crippen molar-refractivity contribution in [1.29, 1.82) is 0 Å². The number of β-amino-alcohol motifs (C(OH)–C–C–N with tert-alkyl or cyclic N) is 1. The quantitative estimate of drug-likeness (QED) is 0.714. The number of urea groups is 1. The molecule has 0 aromatic heterocycles. The number of carboxylic acid groups (broad SMARTS) is 1. The maximum absolute atomic E-state index is 12.5. The zero-order valence-electron chi connectivity index (χ0n) is 12.9. The van der Waals surface area contributed by atoms with Crippen LogP contribution in [0.1, 0.15) is 27.2 Å². The number of carboxylic acids is 1. The van der Waals surface area contributed by atoms with Crippen LogP contribution in [0, 0.1) is 0 Å². The second kappa shape index (κ2) is 5.81. The van der Waals surface area contributed by atoms with E-state index in [0.717, 1.165) is 13.1 Å². The summed E-state index contributed by atoms with van der Waals surface area (Å²) >= 11 is 0. The van der Waals surface area contributed by atoms with Gasteiger partial charge >= 0.3 is 12.0 Å². The Kier molecular flexibility index (Phi) is 4.43. The zero-order valence-corrected chi connectivity index (χ0v) is 12.9. The highest BCUT2D eigenvalue weighted by Crippen LogP contribution is 2.22. The number of hydrogen-bond acceptors (Lipinski definition) is 4. The monoisotopic (exact) mass is 299 g/mol. The first kappa shape index (κ1) is 16.0. The minimum Gasteiger partial charge on any atom is -0.480 e. The Morgan fingerprint density at radius 2 is 1.67 bits per heavy atom. The standard InChI is InChI=1S/C14H25N3O4/c1-14(2,3)16-6-4-15(5-7-16)13(21)17-9-10(18)8-11(17)12(19)20/h10-11,18H,4-9H2,1-3H3,(H,19,20)/t10-,11+/m1/s1. The summed E-state index contributed by atoms with van der Waals surface area (Å²) in [5.41, 5.74) is 0.0720. The molecule has 7 heteroatoms. The SMILES string of the molecule is CC(C)(C)N1CCN(C(=O)N2C[C@H](O)C[C@H]2C(=O)O)CC1. The minimum atomic E-state index is -1.05. The van der Waals surface area contributed by atoms with Gasteiger partial charge in [0.1, 0.15) is 6.04 Å². The van der Waals surface area contributed by atoms with Crippen LogP contribution in [0.3, 0.4) is 0 Å². The van der Waals surface area contributed by atoms with Crippen LogP contribution < -0.4 is 0 Å². The summed E-state index contributed by atoms with van der Waals surface area (Å²) in [5, 5.41) is 18.8. The first-order valence-corrected chi connectivity index (χ1v) is 7.41. The van der Waals surface area contributed by atoms with E-state index in [-0.39, 0.29) is 24.5 Å². The van der Waals surface area contributed by atoms with Crippen LogP contribution in [0.5, 0.6) is 0 Å². The molecule has 2 atom stereocenters. The molecule has 2 amide bonds. The van der Waals surface area contributed by atoms with Crippen LogP contribution in [0.15, 0.2) is 0 Å². The van der Waals surface area contributed by atoms with Crippen LogP contribution >= 0.6 is 0 Å². The Labute approximate surface area is 125 Å². The van der Waals surface area contributed by atoms with Crippen molar-refractivity contribution in [2.24, 2.45) is 0 Å². The lowest BCUT2D eigenvalue weighted by molar-refractivity contribution is -0.141. The maximum atomic E-state index is 12.5. The molecule has 0 radical (unpaired) electrons. The second-order valence-electron chi connectivity index (χ2n) is 6.82. The average molecular weight is 299 g/mol. The van der Waals surface area contributed by atoms with Crippen LogP contribution in [0.25, 0.3) is 0 Å². The van der Waals surface area contributed by atoms with E-state index in [0.29, 0.717) is 13.1 Å². The lowest BCUT2D eigenvalue weighted by Gasteiger charge is -2.43. The summed E-state index contributed by atoms with van der Waals surface area (Å²) in [5.74, 6) is -1.05. The molecule has 0 aromatic rings. The number of rotatable bonds is 1. The van der Waals surface area contributed by atoms with Crippen molar-refractivity contribution in [3.8, 4) is 0 Å². The highest BCUT2D eigenvalue weighted by Gasteiger charge is 2.41. The van der Waals surface area contributed by atoms with Gasteiger partial charge in [-0.1, -0.05) is 0 Å². The number of aliphatic hydroxyl groups excluding tert-OH is 1. The highest BCUT2D eigenvalue weighted by atomic mass is 16.4. The molecule has 21 heavy (non-hydrogen) atoms. The van der Waals surface area contributed by atoms with Gasteiger partial charge in [-0.3, -0.25) is 4.90 Å². The minimum absolute atomic E-state index is 0.0720. The van der Waals surface area contributed by atoms with Crippen LogP contribution in [0.4, 0.5) is 4.79 Å². The zero-order chi connectivity index (χ0) is 15.8. The molecule has 0 unspecified atom stereocenters. The van der Waals surface area contributed by atoms with E-state index in [2.05, 4.69) is 25.7 Å². The lowest BCUT2D eigenvalue weighted by atomic mass is 10.1. The van der Waals surface area contributed by atoms with Crippen LogP contribution in [-0.4, -0.2) is 87.3 Å². The molecule has 0 bridgehead atoms. The fourth-order valence-corrected chi connectivity index (χ4v) is 3.01. The highest BCUT2D eigenvalue weighted by molar-refractivity contribution is 5.83. The number of aliphatic carboxylic acids is 1. The first-order valence-electron chi connectivity index (χ1n) is 7.41. The average Bonchev–Trinajstić information content (AvgIpc) is 2.79. The molecule has 2 heterocycles. The summed E-state index contributed by atoms with van der Waals surface area (Å²) < 4.78 is 0. The van der Waals surface area contributed by atoms with E-state index < -0.39 is 18.1 Å². The topological polar surface area (TPSA) is 84.3 Å². The summed E-state index contributed by atoms with van der Waals surface area (Å²) in [6.45, 7) is 9.28. The van der Waals surface area contributed by atoms with Gasteiger partial charge in [-0.15, -0.1) is 0 Å². The number of piperazine rings is 1. The molecule has 0 saturated carbocycles. The largest absolute Gasteiger partial charge is 0.480 e. The van der Waals surface area contributed by atoms with Crippen molar-refractivity contribution in [2.75, 3.05) is 32.7 Å². The molecule has 0 spiro atoms. The molecular weight excluding hydrogens is 274 g/mol. The van der Waals surface area contributed by atoms with Gasteiger partial charge in [0.05, 0.1) is 6.10 Å². The van der Waals surface area contributed by atoms with Crippen molar-refractivity contribution in [3.05, 3.63) is 0 Å². The number of nitrogens with zero attached hydrogens (tertiary/aromatic N) is 3. The Hall–Kier alpha value is -1.34. The molecule has 0 aromatic carbocycles. The third-order valence-electron chi connectivity index (χ3n) is 4.31. The van der Waals surface area contributed by atoms with Crippen molar-refractivity contribution in [2.45, 2.75) is 44.9 Å². The molecule has 2 fully saturated rings. The Morgan fingerprint density at radius 3 is 2.14 bits per heavy atom. The van der Waals surface area contributed by atoms with Gasteiger partial charge in [0, 0.05) is 44.7 Å². The fraction of sp³-hybridized carbons (Fsp3) is 0.857. The van der Waals surface area contributed by atoms with E-state index in [1.54, 1.807) is 4.90 Å². The van der Waals surface area contributed by atoms with Crippen molar-refractivity contribution in [3.63, 3.8) is 0 Å². The number of amides is 2. The Balaban J connectivity index is 1.97. The van der Waals surface area contributed by atoms with Gasteiger partial charge in [-0.25, -0.2) is 9.59 Å². The fourth-order valence-electron chi connectivity index (χ4n) is 3.01. The second-order valence-corrected chi connectivity index (χ2v) is 6.82. The van der Waals surface area contributed by atoms with Crippen LogP contribution in [-0.2, 0) is 4.79 Å². The Morgan fingerprint density at radius 1 is 1.10 bits per heavy atom. The maximum Gasteiger partial charge on any atom is 0.326 e. The van der Waals surface area contributed by atoms with Gasteiger partial charge in [0.2, 0.25) is 0 Å². The summed E-state index contributed by atoms with van der Waals surface area (Å²) in [6, 6.07) is -1.18. The van der Waals surface area contributed by atoms with Crippen molar-refractivity contribution in [1.82, 2.24) is 14.7 Å². The number of likely N-dealkylation sites (tertiary alicyclic amines) is 1. The molecule has 7 nitrogen and oxygen atoms in total. The molecule has 2 saturated heterocycles. The van der Waals surface area contributed by atoms with Crippen molar-refractivity contribution < 1.29 is 19.8 Å². The predicted octanol–water partition coefficient (Wildman–Crippen LogP) is 0.0423. The third-order valence-corrected chi connectivity index (χ3v) is 4.31. The van der Waals surface area contributed by atoms with Gasteiger partial charge in [0.25, 0.3) is 0 Å². The molecule has 2 N–H and O–H groups in total. The molecular formula is C14H25N3O4. The summed E-state index contributed by atoms with van der Waals surface area (Å²) in [4.78, 5) is 29.0. The summed E-state index contributed by atoms with van der Waals surface area (Å²) in [6.07, 6.45) is -0.630. The number of hydrogen-bond donors (Lipinski definition) is 2. The van der Waals surface area contributed by atoms with Gasteiger partial charge < -0.3 is 20.0 Å². The smallest absolute Gasteiger partial charge is 0.326 e. The number of carbonyl (C=O) groups is 2. The van der Waals surface area contributed by atoms with Crippen molar-refractivity contribution >= 4 is 12.0 Å². The molecule has 2 aliphatic heterocycles. The third kappa shape index (κ3) is 3.47. The lowest BCUT2D eigenvalue weighted by Crippen LogP contribution is -2.58. The Bertz CT molecular complexity index is 413. The van der Waals surface area contributed by atoms with E-state index in [1.165, 1.54) is 4.90 Å². The van der Waals surface area contributed by atoms with Gasteiger partial charge in [-0.2, -0.15) is 0 Å². The van der Waals surface area contributed by atoms with E-state index >= 15 is 0 Å². The van der Waals surface area contributed by atoms with Crippen LogP contribution in [0.2, 0.25) is 0 Å². The summed E-state index contributed by atoms with van der Waals surface area (Å²) in [7, 11) is 0. The molecule has 0 aliphatic carbocycles. The first-order chi connectivity index (χ1) is 9.70. The normalized spacial score (nSPS) is 28.0.